The number of carbonyl (C=O) groups is 1. The molecule has 0 aromatic heterocycles. The van der Waals surface area contributed by atoms with Gasteiger partial charge >= 0.3 is 0 Å². The smallest absolute Gasteiger partial charge is 0.265 e. The van der Waals surface area contributed by atoms with Crippen molar-refractivity contribution in [2.24, 2.45) is 0 Å². The summed E-state index contributed by atoms with van der Waals surface area (Å²) in [6, 6.07) is 15.5. The van der Waals surface area contributed by atoms with E-state index in [0.29, 0.717) is 24.5 Å². The average molecular weight is 403 g/mol. The Kier molecular flexibility index (Phi) is 6.70. The summed E-state index contributed by atoms with van der Waals surface area (Å²) < 4.78 is 33.0. The predicted molar refractivity (Wildman–Crippen MR) is 109 cm³/mol. The SMILES string of the molecule is C[C@@H](Oc1ccccc1)C(=O)Nc1cccc(S(=O)(=O)N2CCCCCC2)c1. The van der Waals surface area contributed by atoms with Crippen LogP contribution in [0.5, 0.6) is 5.75 Å². The third-order valence-corrected chi connectivity index (χ3v) is 6.62. The van der Waals surface area contributed by atoms with Crippen LogP contribution in [0, 0.1) is 0 Å². The molecule has 6 nitrogen and oxygen atoms in total. The van der Waals surface area contributed by atoms with E-state index in [9.17, 15) is 13.2 Å². The van der Waals surface area contributed by atoms with Gasteiger partial charge in [-0.15, -0.1) is 0 Å². The number of hydrogen-bond donors (Lipinski definition) is 1. The highest BCUT2D eigenvalue weighted by atomic mass is 32.2. The molecule has 0 bridgehead atoms. The monoisotopic (exact) mass is 402 g/mol. The molecule has 0 aliphatic carbocycles. The minimum absolute atomic E-state index is 0.198. The summed E-state index contributed by atoms with van der Waals surface area (Å²) in [6.45, 7) is 2.74. The third-order valence-electron chi connectivity index (χ3n) is 4.73. The summed E-state index contributed by atoms with van der Waals surface area (Å²) in [6.07, 6.45) is 3.16. The highest BCUT2D eigenvalue weighted by molar-refractivity contribution is 7.89. The average Bonchev–Trinajstić information content (AvgIpc) is 2.99. The number of nitrogens with zero attached hydrogens (tertiary/aromatic N) is 1. The van der Waals surface area contributed by atoms with E-state index in [1.165, 1.54) is 6.07 Å². The largest absolute Gasteiger partial charge is 0.481 e. The first-order valence-electron chi connectivity index (χ1n) is 9.59. The fourth-order valence-electron chi connectivity index (χ4n) is 3.17. The molecular weight excluding hydrogens is 376 g/mol. The lowest BCUT2D eigenvalue weighted by atomic mass is 10.2. The Labute approximate surface area is 166 Å². The van der Waals surface area contributed by atoms with E-state index in [1.54, 1.807) is 41.6 Å². The van der Waals surface area contributed by atoms with E-state index in [0.717, 1.165) is 25.7 Å². The van der Waals surface area contributed by atoms with Crippen LogP contribution >= 0.6 is 0 Å². The number of para-hydroxylation sites is 1. The van der Waals surface area contributed by atoms with Crippen LogP contribution in [0.25, 0.3) is 0 Å². The van der Waals surface area contributed by atoms with Gasteiger partial charge in [0.15, 0.2) is 6.10 Å². The van der Waals surface area contributed by atoms with Crippen LogP contribution < -0.4 is 10.1 Å². The molecule has 7 heteroatoms. The van der Waals surface area contributed by atoms with Gasteiger partial charge in [0.2, 0.25) is 10.0 Å². The molecule has 1 amide bonds. The molecule has 1 aliphatic rings. The van der Waals surface area contributed by atoms with Gasteiger partial charge in [-0.2, -0.15) is 4.31 Å². The lowest BCUT2D eigenvalue weighted by molar-refractivity contribution is -0.122. The van der Waals surface area contributed by atoms with Gasteiger partial charge in [0.1, 0.15) is 5.75 Å². The van der Waals surface area contributed by atoms with E-state index in [2.05, 4.69) is 5.32 Å². The van der Waals surface area contributed by atoms with Gasteiger partial charge in [-0.1, -0.05) is 37.1 Å². The maximum atomic E-state index is 12.9. The number of sulfonamides is 1. The summed E-state index contributed by atoms with van der Waals surface area (Å²) in [5.74, 6) is 0.260. The highest BCUT2D eigenvalue weighted by Crippen LogP contribution is 2.23. The lowest BCUT2D eigenvalue weighted by Crippen LogP contribution is -2.32. The first-order chi connectivity index (χ1) is 13.5. The molecule has 2 aromatic rings. The summed E-state index contributed by atoms with van der Waals surface area (Å²) in [5, 5.41) is 2.74. The van der Waals surface area contributed by atoms with Crippen molar-refractivity contribution in [3.8, 4) is 5.75 Å². The second-order valence-corrected chi connectivity index (χ2v) is 8.85. The van der Waals surface area contributed by atoms with Gasteiger partial charge in [-0.05, 0) is 50.1 Å². The van der Waals surface area contributed by atoms with Crippen LogP contribution in [0.4, 0.5) is 5.69 Å². The Hall–Kier alpha value is -2.38. The molecule has 1 fully saturated rings. The van der Waals surface area contributed by atoms with E-state index < -0.39 is 16.1 Å². The number of ether oxygens (including phenoxy) is 1. The highest BCUT2D eigenvalue weighted by Gasteiger charge is 2.25. The van der Waals surface area contributed by atoms with Crippen molar-refractivity contribution in [1.82, 2.24) is 4.31 Å². The number of amides is 1. The summed E-state index contributed by atoms with van der Waals surface area (Å²) in [7, 11) is -3.56. The number of carbonyl (C=O) groups excluding carboxylic acids is 1. The van der Waals surface area contributed by atoms with Crippen molar-refractivity contribution in [3.05, 3.63) is 54.6 Å². The molecule has 1 aliphatic heterocycles. The van der Waals surface area contributed by atoms with Crippen LogP contribution in [0.1, 0.15) is 32.6 Å². The first-order valence-corrected chi connectivity index (χ1v) is 11.0. The Bertz CT molecular complexity index is 892. The zero-order valence-corrected chi connectivity index (χ0v) is 16.8. The van der Waals surface area contributed by atoms with Crippen molar-refractivity contribution in [3.63, 3.8) is 0 Å². The molecule has 2 aromatic carbocycles. The maximum absolute atomic E-state index is 12.9. The van der Waals surface area contributed by atoms with Gasteiger partial charge in [-0.3, -0.25) is 4.79 Å². The Morgan fingerprint density at radius 3 is 2.36 bits per heavy atom. The molecule has 3 rings (SSSR count). The zero-order valence-electron chi connectivity index (χ0n) is 16.0. The van der Waals surface area contributed by atoms with E-state index in [-0.39, 0.29) is 10.8 Å². The molecule has 0 saturated carbocycles. The zero-order chi connectivity index (χ0) is 20.0. The Balaban J connectivity index is 1.69. The standard InChI is InChI=1S/C21H26N2O4S/c1-17(27-19-11-5-4-6-12-19)21(24)22-18-10-9-13-20(16-18)28(25,26)23-14-7-2-3-8-15-23/h4-6,9-13,16-17H,2-3,7-8,14-15H2,1H3,(H,22,24)/t17-/m1/s1. The van der Waals surface area contributed by atoms with Crippen LogP contribution in [-0.2, 0) is 14.8 Å². The lowest BCUT2D eigenvalue weighted by Gasteiger charge is -2.20. The van der Waals surface area contributed by atoms with Crippen molar-refractivity contribution in [1.29, 1.82) is 0 Å². The second-order valence-electron chi connectivity index (χ2n) is 6.91. The van der Waals surface area contributed by atoms with Crippen molar-refractivity contribution in [2.45, 2.75) is 43.6 Å². The normalized spacial score (nSPS) is 16.8. The molecule has 0 spiro atoms. The van der Waals surface area contributed by atoms with Gasteiger partial charge in [0.25, 0.3) is 5.91 Å². The van der Waals surface area contributed by atoms with Crippen LogP contribution in [0.3, 0.4) is 0 Å². The van der Waals surface area contributed by atoms with E-state index in [4.69, 9.17) is 4.74 Å². The minimum Gasteiger partial charge on any atom is -0.481 e. The first kappa shape index (κ1) is 20.4. The third kappa shape index (κ3) is 5.11. The molecule has 150 valence electrons. The second kappa shape index (κ2) is 9.21. The fourth-order valence-corrected chi connectivity index (χ4v) is 4.73. The van der Waals surface area contributed by atoms with Crippen LogP contribution in [0.2, 0.25) is 0 Å². The van der Waals surface area contributed by atoms with Gasteiger partial charge in [0.05, 0.1) is 4.90 Å². The fraction of sp³-hybridized carbons (Fsp3) is 0.381. The van der Waals surface area contributed by atoms with E-state index >= 15 is 0 Å². The summed E-state index contributed by atoms with van der Waals surface area (Å²) in [5.41, 5.74) is 0.435. The maximum Gasteiger partial charge on any atom is 0.265 e. The topological polar surface area (TPSA) is 75.7 Å². The number of hydrogen-bond acceptors (Lipinski definition) is 4. The summed E-state index contributed by atoms with van der Waals surface area (Å²) in [4.78, 5) is 12.6. The van der Waals surface area contributed by atoms with Gasteiger partial charge < -0.3 is 10.1 Å². The molecule has 0 unspecified atom stereocenters. The quantitative estimate of drug-likeness (QED) is 0.800. The number of anilines is 1. The van der Waals surface area contributed by atoms with Crippen LogP contribution in [0.15, 0.2) is 59.5 Å². The van der Waals surface area contributed by atoms with Crippen molar-refractivity contribution < 1.29 is 17.9 Å². The molecular formula is C21H26N2O4S. The van der Waals surface area contributed by atoms with Crippen molar-refractivity contribution in [2.75, 3.05) is 18.4 Å². The van der Waals surface area contributed by atoms with Gasteiger partial charge in [-0.25, -0.2) is 8.42 Å². The number of benzene rings is 2. The number of nitrogens with one attached hydrogen (secondary N) is 1. The summed E-state index contributed by atoms with van der Waals surface area (Å²) >= 11 is 0. The Morgan fingerprint density at radius 1 is 1.00 bits per heavy atom. The molecule has 1 atom stereocenters. The molecule has 28 heavy (non-hydrogen) atoms. The minimum atomic E-state index is -3.56. The molecule has 1 N–H and O–H groups in total. The Morgan fingerprint density at radius 2 is 1.68 bits per heavy atom. The molecule has 1 saturated heterocycles. The number of rotatable bonds is 6. The molecule has 1 heterocycles. The van der Waals surface area contributed by atoms with Crippen LogP contribution in [-0.4, -0.2) is 37.8 Å². The van der Waals surface area contributed by atoms with Crippen molar-refractivity contribution >= 4 is 21.6 Å². The predicted octanol–water partition coefficient (Wildman–Crippen LogP) is 3.66. The molecule has 0 radical (unpaired) electrons. The van der Waals surface area contributed by atoms with E-state index in [1.807, 2.05) is 18.2 Å². The van der Waals surface area contributed by atoms with Gasteiger partial charge in [0, 0.05) is 18.8 Å².